The molecule has 1 aliphatic carbocycles. The molecule has 0 radical (unpaired) electrons. The Kier molecular flexibility index (Phi) is 4.22. The molecule has 0 spiro atoms. The Morgan fingerprint density at radius 2 is 2.06 bits per heavy atom. The van der Waals surface area contributed by atoms with Crippen molar-refractivity contribution in [2.24, 2.45) is 23.5 Å². The molecule has 2 aliphatic rings. The smallest absolute Gasteiger partial charge is 0.230 e. The molecule has 1 saturated carbocycles. The Bertz CT molecular complexity index is 342. The van der Waals surface area contributed by atoms with Crippen molar-refractivity contribution in [2.45, 2.75) is 45.3 Å². The van der Waals surface area contributed by atoms with Gasteiger partial charge in [0.1, 0.15) is 0 Å². The predicted octanol–water partition coefficient (Wildman–Crippen LogP) is 1.23. The van der Waals surface area contributed by atoms with Crippen LogP contribution in [0.5, 0.6) is 0 Å². The summed E-state index contributed by atoms with van der Waals surface area (Å²) in [5, 5.41) is 3.08. The zero-order chi connectivity index (χ0) is 13.3. The number of nitrogens with one attached hydrogen (secondary N) is 1. The van der Waals surface area contributed by atoms with Gasteiger partial charge < -0.3 is 15.8 Å². The van der Waals surface area contributed by atoms with E-state index >= 15 is 0 Å². The minimum atomic E-state index is -0.375. The maximum absolute atomic E-state index is 12.2. The highest BCUT2D eigenvalue weighted by Gasteiger charge is 2.42. The predicted molar refractivity (Wildman–Crippen MR) is 74.1 cm³/mol. The van der Waals surface area contributed by atoms with E-state index in [0.717, 1.165) is 13.0 Å². The zero-order valence-corrected chi connectivity index (χ0v) is 11.8. The van der Waals surface area contributed by atoms with Crippen LogP contribution in [-0.4, -0.2) is 29.6 Å². The number of ether oxygens (including phenoxy) is 1. The second-order valence-electron chi connectivity index (χ2n) is 5.70. The molecule has 0 bridgehead atoms. The van der Waals surface area contributed by atoms with Crippen molar-refractivity contribution in [3.8, 4) is 0 Å². The molecule has 3 atom stereocenters. The molecule has 2 rings (SSSR count). The van der Waals surface area contributed by atoms with E-state index in [1.807, 2.05) is 13.8 Å². The molecule has 3 N–H and O–H groups in total. The molecule has 102 valence electrons. The molecule has 3 unspecified atom stereocenters. The molecule has 1 aliphatic heterocycles. The lowest BCUT2D eigenvalue weighted by atomic mass is 9.94. The highest BCUT2D eigenvalue weighted by Crippen LogP contribution is 2.38. The second-order valence-corrected chi connectivity index (χ2v) is 6.17. The van der Waals surface area contributed by atoms with E-state index in [0.29, 0.717) is 5.92 Å². The van der Waals surface area contributed by atoms with Gasteiger partial charge in [0, 0.05) is 6.61 Å². The van der Waals surface area contributed by atoms with Crippen LogP contribution in [0.2, 0.25) is 0 Å². The van der Waals surface area contributed by atoms with Gasteiger partial charge in [-0.2, -0.15) is 0 Å². The molecule has 0 aromatic rings. The van der Waals surface area contributed by atoms with Crippen LogP contribution in [0.25, 0.3) is 0 Å². The SMILES string of the molecule is CC(C)C(C(=O)NC1CCOC1C1CC1)C(N)=S. The average molecular weight is 270 g/mol. The number of rotatable bonds is 5. The average Bonchev–Trinajstić information content (AvgIpc) is 2.99. The number of hydrogen-bond acceptors (Lipinski definition) is 3. The van der Waals surface area contributed by atoms with Gasteiger partial charge in [0.2, 0.25) is 5.91 Å². The fraction of sp³-hybridized carbons (Fsp3) is 0.846. The molecule has 4 nitrogen and oxygen atoms in total. The molecule has 0 aromatic carbocycles. The van der Waals surface area contributed by atoms with Gasteiger partial charge in [-0.3, -0.25) is 4.79 Å². The fourth-order valence-electron chi connectivity index (χ4n) is 2.69. The molecule has 1 amide bonds. The number of amides is 1. The maximum atomic E-state index is 12.2. The minimum absolute atomic E-state index is 0.0429. The van der Waals surface area contributed by atoms with Crippen LogP contribution in [0.1, 0.15) is 33.1 Å². The maximum Gasteiger partial charge on any atom is 0.230 e. The molecule has 1 saturated heterocycles. The first-order chi connectivity index (χ1) is 8.50. The third kappa shape index (κ3) is 3.01. The number of hydrogen-bond donors (Lipinski definition) is 2. The first-order valence-electron chi connectivity index (χ1n) is 6.72. The largest absolute Gasteiger partial charge is 0.393 e. The van der Waals surface area contributed by atoms with E-state index in [-0.39, 0.29) is 34.9 Å². The van der Waals surface area contributed by atoms with E-state index in [4.69, 9.17) is 22.7 Å². The minimum Gasteiger partial charge on any atom is -0.393 e. The van der Waals surface area contributed by atoms with Gasteiger partial charge in [0.05, 0.1) is 23.1 Å². The van der Waals surface area contributed by atoms with Gasteiger partial charge in [-0.25, -0.2) is 0 Å². The lowest BCUT2D eigenvalue weighted by Crippen LogP contribution is -2.48. The summed E-state index contributed by atoms with van der Waals surface area (Å²) in [5.41, 5.74) is 5.66. The van der Waals surface area contributed by atoms with Crippen molar-refractivity contribution in [1.82, 2.24) is 5.32 Å². The Balaban J connectivity index is 1.95. The van der Waals surface area contributed by atoms with Gasteiger partial charge in [-0.15, -0.1) is 0 Å². The second kappa shape index (κ2) is 5.53. The summed E-state index contributed by atoms with van der Waals surface area (Å²) in [6.07, 6.45) is 3.54. The van der Waals surface area contributed by atoms with Crippen LogP contribution in [0, 0.1) is 17.8 Å². The van der Waals surface area contributed by atoms with Crippen LogP contribution in [0.4, 0.5) is 0 Å². The van der Waals surface area contributed by atoms with Crippen LogP contribution in [0.15, 0.2) is 0 Å². The summed E-state index contributed by atoms with van der Waals surface area (Å²) in [6, 6.07) is 0.139. The normalized spacial score (nSPS) is 29.3. The highest BCUT2D eigenvalue weighted by molar-refractivity contribution is 7.80. The first-order valence-corrected chi connectivity index (χ1v) is 7.13. The fourth-order valence-corrected chi connectivity index (χ4v) is 3.07. The summed E-state index contributed by atoms with van der Waals surface area (Å²) in [6.45, 7) is 4.67. The molecular weight excluding hydrogens is 248 g/mol. The molecular formula is C13H22N2O2S. The molecule has 5 heteroatoms. The van der Waals surface area contributed by atoms with Crippen molar-refractivity contribution < 1.29 is 9.53 Å². The number of thiocarbonyl (C=S) groups is 1. The molecule has 18 heavy (non-hydrogen) atoms. The molecule has 0 aromatic heterocycles. The summed E-state index contributed by atoms with van der Waals surface area (Å²) in [4.78, 5) is 12.5. The van der Waals surface area contributed by atoms with Crippen molar-refractivity contribution in [3.05, 3.63) is 0 Å². The van der Waals surface area contributed by atoms with Gasteiger partial charge >= 0.3 is 0 Å². The van der Waals surface area contributed by atoms with E-state index in [9.17, 15) is 4.79 Å². The topological polar surface area (TPSA) is 64.3 Å². The van der Waals surface area contributed by atoms with Gasteiger partial charge in [-0.1, -0.05) is 26.1 Å². The quantitative estimate of drug-likeness (QED) is 0.738. The van der Waals surface area contributed by atoms with Gasteiger partial charge in [-0.05, 0) is 31.1 Å². The zero-order valence-electron chi connectivity index (χ0n) is 11.0. The Morgan fingerprint density at radius 1 is 1.39 bits per heavy atom. The van der Waals surface area contributed by atoms with E-state index in [1.165, 1.54) is 12.8 Å². The summed E-state index contributed by atoms with van der Waals surface area (Å²) >= 11 is 4.99. The standard InChI is InChI=1S/C13H22N2O2S/c1-7(2)10(12(14)18)13(16)15-9-5-6-17-11(9)8-3-4-8/h7-11H,3-6H2,1-2H3,(H2,14,18)(H,15,16). The van der Waals surface area contributed by atoms with Crippen molar-refractivity contribution >= 4 is 23.1 Å². The Labute approximate surface area is 114 Å². The number of carbonyl (C=O) groups is 1. The first kappa shape index (κ1) is 13.7. The lowest BCUT2D eigenvalue weighted by Gasteiger charge is -2.24. The highest BCUT2D eigenvalue weighted by atomic mass is 32.1. The van der Waals surface area contributed by atoms with Crippen LogP contribution in [0.3, 0.4) is 0 Å². The third-order valence-electron chi connectivity index (χ3n) is 3.81. The van der Waals surface area contributed by atoms with E-state index < -0.39 is 0 Å². The summed E-state index contributed by atoms with van der Waals surface area (Å²) in [5.74, 6) is 0.350. The Hall–Kier alpha value is -0.680. The summed E-state index contributed by atoms with van der Waals surface area (Å²) in [7, 11) is 0. The van der Waals surface area contributed by atoms with Crippen LogP contribution < -0.4 is 11.1 Å². The number of nitrogens with two attached hydrogens (primary N) is 1. The number of carbonyl (C=O) groups excluding carboxylic acids is 1. The molecule has 1 heterocycles. The van der Waals surface area contributed by atoms with Crippen molar-refractivity contribution in [3.63, 3.8) is 0 Å². The van der Waals surface area contributed by atoms with Crippen LogP contribution >= 0.6 is 12.2 Å². The van der Waals surface area contributed by atoms with Gasteiger partial charge in [0.25, 0.3) is 0 Å². The van der Waals surface area contributed by atoms with Crippen molar-refractivity contribution in [1.29, 1.82) is 0 Å². The Morgan fingerprint density at radius 3 is 2.56 bits per heavy atom. The monoisotopic (exact) mass is 270 g/mol. The summed E-state index contributed by atoms with van der Waals surface area (Å²) < 4.78 is 5.71. The van der Waals surface area contributed by atoms with E-state index in [1.54, 1.807) is 0 Å². The van der Waals surface area contributed by atoms with Crippen LogP contribution in [-0.2, 0) is 9.53 Å². The van der Waals surface area contributed by atoms with Gasteiger partial charge in [0.15, 0.2) is 0 Å². The molecule has 2 fully saturated rings. The van der Waals surface area contributed by atoms with Crippen molar-refractivity contribution in [2.75, 3.05) is 6.61 Å². The van der Waals surface area contributed by atoms with E-state index in [2.05, 4.69) is 5.32 Å². The third-order valence-corrected chi connectivity index (χ3v) is 4.06. The lowest BCUT2D eigenvalue weighted by molar-refractivity contribution is -0.125.